The van der Waals surface area contributed by atoms with Crippen LogP contribution in [-0.4, -0.2) is 37.0 Å². The summed E-state index contributed by atoms with van der Waals surface area (Å²) in [5.41, 5.74) is 0. The lowest BCUT2D eigenvalue weighted by atomic mass is 10.0. The molecule has 0 fully saturated rings. The van der Waals surface area contributed by atoms with Crippen molar-refractivity contribution in [2.24, 2.45) is 0 Å². The number of hydrogen-bond donors (Lipinski definition) is 1. The highest BCUT2D eigenvalue weighted by Gasteiger charge is 2.13. The molecule has 1 N–H and O–H groups in total. The van der Waals surface area contributed by atoms with Crippen LogP contribution < -0.4 is 0 Å². The Morgan fingerprint density at radius 1 is 0.479 bits per heavy atom. The van der Waals surface area contributed by atoms with E-state index in [-0.39, 0.29) is 12.6 Å². The smallest absolute Gasteiger partial charge is 0.306 e. The van der Waals surface area contributed by atoms with Crippen LogP contribution in [0.5, 0.6) is 0 Å². The average molecular weight is 679 g/mol. The molecule has 4 nitrogen and oxygen atoms in total. The first-order valence-electron chi connectivity index (χ1n) is 21.8. The summed E-state index contributed by atoms with van der Waals surface area (Å²) in [4.78, 5) is 12.2. The first kappa shape index (κ1) is 47.1. The third-order valence-electron chi connectivity index (χ3n) is 9.84. The van der Waals surface area contributed by atoms with Gasteiger partial charge in [-0.15, -0.1) is 0 Å². The van der Waals surface area contributed by atoms with Crippen LogP contribution in [0.4, 0.5) is 0 Å². The monoisotopic (exact) mass is 679 g/mol. The van der Waals surface area contributed by atoms with Crippen LogP contribution in [0.25, 0.3) is 0 Å². The molecule has 0 radical (unpaired) electrons. The van der Waals surface area contributed by atoms with Crippen LogP contribution in [0.1, 0.15) is 239 Å². The normalized spacial score (nSPS) is 12.3. The Kier molecular flexibility index (Phi) is 41.5. The van der Waals surface area contributed by atoms with Crippen molar-refractivity contribution in [3.8, 4) is 0 Å². The van der Waals surface area contributed by atoms with Gasteiger partial charge in [0.2, 0.25) is 0 Å². The fourth-order valence-electron chi connectivity index (χ4n) is 6.56. The molecule has 0 aromatic carbocycles. The lowest BCUT2D eigenvalue weighted by Crippen LogP contribution is -2.27. The van der Waals surface area contributed by atoms with Gasteiger partial charge < -0.3 is 14.6 Å². The highest BCUT2D eigenvalue weighted by molar-refractivity contribution is 5.69. The zero-order valence-electron chi connectivity index (χ0n) is 32.8. The second-order valence-corrected chi connectivity index (χ2v) is 14.8. The van der Waals surface area contributed by atoms with E-state index in [4.69, 9.17) is 9.47 Å². The molecule has 4 heteroatoms. The predicted molar refractivity (Wildman–Crippen MR) is 210 cm³/mol. The fourth-order valence-corrected chi connectivity index (χ4v) is 6.56. The number of hydrogen-bond acceptors (Lipinski definition) is 4. The maximum Gasteiger partial charge on any atom is 0.306 e. The molecular weight excluding hydrogens is 592 g/mol. The molecule has 0 aromatic rings. The maximum absolute atomic E-state index is 12.2. The van der Waals surface area contributed by atoms with E-state index in [1.807, 2.05) is 0 Å². The van der Waals surface area contributed by atoms with Gasteiger partial charge in [0.1, 0.15) is 6.10 Å². The number of ether oxygens (including phenoxy) is 2. The van der Waals surface area contributed by atoms with Gasteiger partial charge in [-0.1, -0.05) is 206 Å². The Labute approximate surface area is 301 Å². The Balaban J connectivity index is 3.36. The predicted octanol–water partition coefficient (Wildman–Crippen LogP) is 14.2. The summed E-state index contributed by atoms with van der Waals surface area (Å²) in [5, 5.41) is 9.59. The molecular formula is C44H86O4. The zero-order chi connectivity index (χ0) is 34.9. The average Bonchev–Trinajstić information content (AvgIpc) is 3.09. The first-order valence-corrected chi connectivity index (χ1v) is 21.8. The quantitative estimate of drug-likeness (QED) is 0.0397. The van der Waals surface area contributed by atoms with Gasteiger partial charge in [0.25, 0.3) is 0 Å². The van der Waals surface area contributed by atoms with Gasteiger partial charge in [-0.2, -0.15) is 0 Å². The summed E-state index contributed by atoms with van der Waals surface area (Å²) in [7, 11) is 0. The van der Waals surface area contributed by atoms with Crippen molar-refractivity contribution in [3.05, 3.63) is 12.2 Å². The molecule has 286 valence electrons. The van der Waals surface area contributed by atoms with E-state index >= 15 is 0 Å². The molecule has 0 aliphatic rings. The van der Waals surface area contributed by atoms with Crippen LogP contribution in [0.2, 0.25) is 0 Å². The minimum absolute atomic E-state index is 0.166. The molecule has 0 saturated heterocycles. The molecule has 0 saturated carbocycles. The molecule has 0 aromatic heterocycles. The van der Waals surface area contributed by atoms with Gasteiger partial charge >= 0.3 is 5.97 Å². The minimum atomic E-state index is -0.528. The number of rotatable bonds is 41. The summed E-state index contributed by atoms with van der Waals surface area (Å²) in [6.45, 7) is 5.38. The molecule has 0 aliphatic carbocycles. The Hall–Kier alpha value is -0.870. The topological polar surface area (TPSA) is 55.8 Å². The second-order valence-electron chi connectivity index (χ2n) is 14.8. The molecule has 1 unspecified atom stereocenters. The van der Waals surface area contributed by atoms with E-state index in [1.165, 1.54) is 199 Å². The fraction of sp³-hybridized carbons (Fsp3) is 0.932. The van der Waals surface area contributed by atoms with E-state index in [0.29, 0.717) is 19.6 Å². The summed E-state index contributed by atoms with van der Waals surface area (Å²) in [6, 6.07) is 0. The first-order chi connectivity index (χ1) is 23.7. The van der Waals surface area contributed by atoms with Crippen LogP contribution in [0.15, 0.2) is 12.2 Å². The lowest BCUT2D eigenvalue weighted by Gasteiger charge is -2.16. The van der Waals surface area contributed by atoms with Gasteiger partial charge in [0, 0.05) is 13.0 Å². The Morgan fingerprint density at radius 2 is 0.812 bits per heavy atom. The maximum atomic E-state index is 12.2. The molecule has 0 spiro atoms. The molecule has 0 bridgehead atoms. The van der Waals surface area contributed by atoms with Crippen LogP contribution >= 0.6 is 0 Å². The summed E-state index contributed by atoms with van der Waals surface area (Å²) < 4.78 is 11.2. The summed E-state index contributed by atoms with van der Waals surface area (Å²) in [6.07, 6.45) is 49.9. The summed E-state index contributed by atoms with van der Waals surface area (Å²) in [5.74, 6) is -0.197. The van der Waals surface area contributed by atoms with Gasteiger partial charge in [-0.3, -0.25) is 4.79 Å². The molecule has 0 aliphatic heterocycles. The SMILES string of the molecule is CCCCCCCCCC/C=C\CCCCCCCCCCCCOCC(CO)OC(=O)CCCCCCCCCCCCCCCC. The number of aliphatic hydroxyl groups excluding tert-OH is 1. The molecule has 0 rings (SSSR count). The number of aliphatic hydroxyl groups is 1. The number of allylic oxidation sites excluding steroid dienone is 2. The van der Waals surface area contributed by atoms with Gasteiger partial charge in [0.15, 0.2) is 0 Å². The third kappa shape index (κ3) is 39.6. The van der Waals surface area contributed by atoms with Crippen molar-refractivity contribution in [1.29, 1.82) is 0 Å². The minimum Gasteiger partial charge on any atom is -0.457 e. The van der Waals surface area contributed by atoms with Crippen molar-refractivity contribution in [3.63, 3.8) is 0 Å². The molecule has 0 heterocycles. The molecule has 1 atom stereocenters. The highest BCUT2D eigenvalue weighted by Crippen LogP contribution is 2.15. The van der Waals surface area contributed by atoms with Crippen molar-refractivity contribution in [2.75, 3.05) is 19.8 Å². The van der Waals surface area contributed by atoms with Crippen molar-refractivity contribution in [1.82, 2.24) is 0 Å². The Bertz CT molecular complexity index is 633. The lowest BCUT2D eigenvalue weighted by molar-refractivity contribution is -0.154. The Morgan fingerprint density at radius 3 is 1.19 bits per heavy atom. The second kappa shape index (κ2) is 42.3. The van der Waals surface area contributed by atoms with Crippen LogP contribution in [0, 0.1) is 0 Å². The van der Waals surface area contributed by atoms with E-state index < -0.39 is 6.10 Å². The van der Waals surface area contributed by atoms with Gasteiger partial charge in [0.05, 0.1) is 13.2 Å². The largest absolute Gasteiger partial charge is 0.457 e. The highest BCUT2D eigenvalue weighted by atomic mass is 16.6. The van der Waals surface area contributed by atoms with Gasteiger partial charge in [-0.25, -0.2) is 0 Å². The van der Waals surface area contributed by atoms with E-state index in [1.54, 1.807) is 0 Å². The zero-order valence-corrected chi connectivity index (χ0v) is 32.8. The van der Waals surface area contributed by atoms with Crippen molar-refractivity contribution in [2.45, 2.75) is 245 Å². The van der Waals surface area contributed by atoms with Gasteiger partial charge in [-0.05, 0) is 38.5 Å². The van der Waals surface area contributed by atoms with Crippen LogP contribution in [0.3, 0.4) is 0 Å². The molecule has 0 amide bonds. The van der Waals surface area contributed by atoms with Crippen LogP contribution in [-0.2, 0) is 14.3 Å². The number of carbonyl (C=O) groups excluding carboxylic acids is 1. The summed E-state index contributed by atoms with van der Waals surface area (Å²) >= 11 is 0. The van der Waals surface area contributed by atoms with Crippen molar-refractivity contribution < 1.29 is 19.4 Å². The van der Waals surface area contributed by atoms with Crippen molar-refractivity contribution >= 4 is 5.97 Å². The third-order valence-corrected chi connectivity index (χ3v) is 9.84. The van der Waals surface area contributed by atoms with E-state index in [2.05, 4.69) is 26.0 Å². The standard InChI is InChI=1S/C44H86O4/c1-3-5-7-9-11-13-15-17-19-20-21-22-23-24-25-26-28-30-32-34-36-38-40-47-42-43(41-45)48-44(46)39-37-35-33-31-29-27-18-16-14-12-10-8-6-4-2/h20-21,43,45H,3-19,22-42H2,1-2H3/b21-20-. The molecule has 48 heavy (non-hydrogen) atoms. The number of esters is 1. The number of unbranched alkanes of at least 4 members (excludes halogenated alkanes) is 31. The van der Waals surface area contributed by atoms with E-state index in [9.17, 15) is 9.90 Å². The van der Waals surface area contributed by atoms with E-state index in [0.717, 1.165) is 19.3 Å². The number of carbonyl (C=O) groups is 1.